The van der Waals surface area contributed by atoms with Gasteiger partial charge in [0, 0.05) is 29.2 Å². The molecule has 0 aliphatic carbocycles. The zero-order valence-corrected chi connectivity index (χ0v) is 11.4. The molecule has 2 rings (SSSR count). The number of aryl methyl sites for hydroxylation is 2. The molecule has 0 amide bonds. The molecular weight excluding hydrogens is 255 g/mol. The summed E-state index contributed by atoms with van der Waals surface area (Å²) in [6, 6.07) is 5.61. The van der Waals surface area contributed by atoms with Crippen molar-refractivity contribution < 1.29 is 0 Å². The van der Waals surface area contributed by atoms with E-state index in [-0.39, 0.29) is 0 Å². The van der Waals surface area contributed by atoms with Crippen molar-refractivity contribution in [1.82, 2.24) is 9.78 Å². The third-order valence-corrected chi connectivity index (χ3v) is 3.49. The van der Waals surface area contributed by atoms with Crippen LogP contribution in [0.2, 0.25) is 10.0 Å². The van der Waals surface area contributed by atoms with E-state index in [1.807, 2.05) is 30.1 Å². The van der Waals surface area contributed by atoms with E-state index in [0.29, 0.717) is 10.0 Å². The van der Waals surface area contributed by atoms with Gasteiger partial charge in [-0.15, -0.1) is 0 Å². The van der Waals surface area contributed by atoms with Gasteiger partial charge < -0.3 is 0 Å². The van der Waals surface area contributed by atoms with E-state index in [4.69, 9.17) is 23.2 Å². The Hall–Kier alpha value is -0.990. The summed E-state index contributed by atoms with van der Waals surface area (Å²) in [5.74, 6) is 0. The molecule has 17 heavy (non-hydrogen) atoms. The van der Waals surface area contributed by atoms with Gasteiger partial charge in [-0.05, 0) is 29.7 Å². The Bertz CT molecular complexity index is 532. The van der Waals surface area contributed by atoms with Crippen molar-refractivity contribution in [3.05, 3.63) is 51.3 Å². The minimum Gasteiger partial charge on any atom is -0.272 e. The van der Waals surface area contributed by atoms with Gasteiger partial charge in [-0.1, -0.05) is 36.2 Å². The first-order valence-electron chi connectivity index (χ1n) is 5.55. The standard InChI is InChI=1S/C13H14Cl2N2/c1-3-9-8-16-17(2)13(9)6-10-4-5-11(14)7-12(10)15/h4-5,7-8H,3,6H2,1-2H3. The maximum Gasteiger partial charge on any atom is 0.0524 e. The quantitative estimate of drug-likeness (QED) is 0.826. The Morgan fingerprint density at radius 1 is 1.24 bits per heavy atom. The highest BCUT2D eigenvalue weighted by molar-refractivity contribution is 6.35. The van der Waals surface area contributed by atoms with Crippen LogP contribution in [-0.2, 0) is 19.9 Å². The molecule has 0 atom stereocenters. The van der Waals surface area contributed by atoms with Crippen LogP contribution in [-0.4, -0.2) is 9.78 Å². The van der Waals surface area contributed by atoms with Crippen molar-refractivity contribution in [1.29, 1.82) is 0 Å². The maximum absolute atomic E-state index is 6.18. The summed E-state index contributed by atoms with van der Waals surface area (Å²) in [6.45, 7) is 2.13. The molecule has 0 bridgehead atoms. The molecule has 4 heteroatoms. The van der Waals surface area contributed by atoms with Crippen LogP contribution in [0.5, 0.6) is 0 Å². The highest BCUT2D eigenvalue weighted by Crippen LogP contribution is 2.24. The first kappa shape index (κ1) is 12.5. The number of rotatable bonds is 3. The van der Waals surface area contributed by atoms with Gasteiger partial charge in [0.2, 0.25) is 0 Å². The summed E-state index contributed by atoms with van der Waals surface area (Å²) in [6.07, 6.45) is 3.68. The molecule has 0 aliphatic rings. The topological polar surface area (TPSA) is 17.8 Å². The average molecular weight is 269 g/mol. The van der Waals surface area contributed by atoms with Gasteiger partial charge in [-0.3, -0.25) is 4.68 Å². The fraction of sp³-hybridized carbons (Fsp3) is 0.308. The predicted octanol–water partition coefficient (Wildman–Crippen LogP) is 3.88. The zero-order chi connectivity index (χ0) is 12.4. The number of hydrogen-bond acceptors (Lipinski definition) is 1. The molecule has 0 aliphatic heterocycles. The molecule has 0 radical (unpaired) electrons. The second-order valence-corrected chi connectivity index (χ2v) is 4.85. The average Bonchev–Trinajstić information content (AvgIpc) is 2.64. The largest absolute Gasteiger partial charge is 0.272 e. The summed E-state index contributed by atoms with van der Waals surface area (Å²) in [4.78, 5) is 0. The van der Waals surface area contributed by atoms with Gasteiger partial charge in [0.25, 0.3) is 0 Å². The fourth-order valence-electron chi connectivity index (χ4n) is 1.88. The molecule has 1 heterocycles. The first-order chi connectivity index (χ1) is 8.11. The van der Waals surface area contributed by atoms with Gasteiger partial charge in [-0.25, -0.2) is 0 Å². The van der Waals surface area contributed by atoms with Crippen molar-refractivity contribution in [2.75, 3.05) is 0 Å². The molecule has 0 N–H and O–H groups in total. The van der Waals surface area contributed by atoms with E-state index < -0.39 is 0 Å². The van der Waals surface area contributed by atoms with E-state index in [1.54, 1.807) is 6.07 Å². The Balaban J connectivity index is 2.34. The summed E-state index contributed by atoms with van der Waals surface area (Å²) in [7, 11) is 1.96. The van der Waals surface area contributed by atoms with E-state index in [0.717, 1.165) is 18.4 Å². The molecule has 1 aromatic carbocycles. The molecule has 2 aromatic rings. The van der Waals surface area contributed by atoms with Gasteiger partial charge >= 0.3 is 0 Å². The van der Waals surface area contributed by atoms with Gasteiger partial charge in [0.05, 0.1) is 6.20 Å². The second kappa shape index (κ2) is 5.11. The maximum atomic E-state index is 6.18. The number of aromatic nitrogens is 2. The van der Waals surface area contributed by atoms with Gasteiger partial charge in [0.15, 0.2) is 0 Å². The highest BCUT2D eigenvalue weighted by atomic mass is 35.5. The van der Waals surface area contributed by atoms with Crippen molar-refractivity contribution in [2.45, 2.75) is 19.8 Å². The Labute approximate surface area is 111 Å². The summed E-state index contributed by atoms with van der Waals surface area (Å²) >= 11 is 12.1. The van der Waals surface area contributed by atoms with E-state index in [9.17, 15) is 0 Å². The Morgan fingerprint density at radius 2 is 2.00 bits per heavy atom. The number of benzene rings is 1. The molecule has 0 unspecified atom stereocenters. The van der Waals surface area contributed by atoms with Crippen LogP contribution in [0.3, 0.4) is 0 Å². The number of hydrogen-bond donors (Lipinski definition) is 0. The molecular formula is C13H14Cl2N2. The first-order valence-corrected chi connectivity index (χ1v) is 6.31. The Kier molecular flexibility index (Phi) is 3.75. The monoisotopic (exact) mass is 268 g/mol. The summed E-state index contributed by atoms with van der Waals surface area (Å²) in [5, 5.41) is 5.65. The molecule has 0 saturated carbocycles. The molecule has 90 valence electrons. The highest BCUT2D eigenvalue weighted by Gasteiger charge is 2.10. The third-order valence-electron chi connectivity index (χ3n) is 2.90. The van der Waals surface area contributed by atoms with Crippen LogP contribution in [0.4, 0.5) is 0 Å². The lowest BCUT2D eigenvalue weighted by Gasteiger charge is -2.07. The molecule has 0 spiro atoms. The normalized spacial score (nSPS) is 10.8. The van der Waals surface area contributed by atoms with Crippen molar-refractivity contribution in [2.24, 2.45) is 7.05 Å². The number of halogens is 2. The van der Waals surface area contributed by atoms with Crippen LogP contribution < -0.4 is 0 Å². The lowest BCUT2D eigenvalue weighted by atomic mass is 10.1. The van der Waals surface area contributed by atoms with E-state index in [2.05, 4.69) is 12.0 Å². The molecule has 0 saturated heterocycles. The van der Waals surface area contributed by atoms with Gasteiger partial charge in [-0.2, -0.15) is 5.10 Å². The zero-order valence-electron chi connectivity index (χ0n) is 9.87. The van der Waals surface area contributed by atoms with Crippen LogP contribution >= 0.6 is 23.2 Å². The van der Waals surface area contributed by atoms with Crippen molar-refractivity contribution in [3.8, 4) is 0 Å². The van der Waals surface area contributed by atoms with Crippen molar-refractivity contribution in [3.63, 3.8) is 0 Å². The van der Waals surface area contributed by atoms with Crippen LogP contribution in [0, 0.1) is 0 Å². The predicted molar refractivity (Wildman–Crippen MR) is 71.9 cm³/mol. The fourth-order valence-corrected chi connectivity index (χ4v) is 2.35. The lowest BCUT2D eigenvalue weighted by molar-refractivity contribution is 0.721. The van der Waals surface area contributed by atoms with Crippen molar-refractivity contribution >= 4 is 23.2 Å². The molecule has 0 fully saturated rings. The SMILES string of the molecule is CCc1cnn(C)c1Cc1ccc(Cl)cc1Cl. The molecule has 2 nitrogen and oxygen atoms in total. The summed E-state index contributed by atoms with van der Waals surface area (Å²) < 4.78 is 1.91. The van der Waals surface area contributed by atoms with Crippen LogP contribution in [0.25, 0.3) is 0 Å². The van der Waals surface area contributed by atoms with Gasteiger partial charge in [0.1, 0.15) is 0 Å². The minimum atomic E-state index is 0.666. The van der Waals surface area contributed by atoms with Crippen LogP contribution in [0.15, 0.2) is 24.4 Å². The second-order valence-electron chi connectivity index (χ2n) is 4.01. The summed E-state index contributed by atoms with van der Waals surface area (Å²) in [5.41, 5.74) is 3.55. The van der Waals surface area contributed by atoms with Crippen LogP contribution in [0.1, 0.15) is 23.7 Å². The minimum absolute atomic E-state index is 0.666. The molecule has 1 aromatic heterocycles. The van der Waals surface area contributed by atoms with E-state index >= 15 is 0 Å². The third kappa shape index (κ3) is 2.64. The Morgan fingerprint density at radius 3 is 2.65 bits per heavy atom. The van der Waals surface area contributed by atoms with E-state index in [1.165, 1.54) is 11.3 Å². The smallest absolute Gasteiger partial charge is 0.0524 e. The lowest BCUT2D eigenvalue weighted by Crippen LogP contribution is -2.02. The number of nitrogens with zero attached hydrogens (tertiary/aromatic N) is 2.